The predicted octanol–water partition coefficient (Wildman–Crippen LogP) is 4.85. The number of hydrogen-bond donors (Lipinski definition) is 1. The fourth-order valence-electron chi connectivity index (χ4n) is 3.09. The zero-order valence-electron chi connectivity index (χ0n) is 15.3. The third-order valence-corrected chi connectivity index (χ3v) is 5.50. The van der Waals surface area contributed by atoms with E-state index in [1.807, 2.05) is 0 Å². The Morgan fingerprint density at radius 3 is 2.57 bits per heavy atom. The normalized spacial score (nSPS) is 13.3. The highest BCUT2D eigenvalue weighted by atomic mass is 32.2. The van der Waals surface area contributed by atoms with Crippen molar-refractivity contribution in [1.82, 2.24) is 4.98 Å². The number of nitrogens with zero attached hydrogens (tertiary/aromatic N) is 2. The molecule has 2 amide bonds. The lowest BCUT2D eigenvalue weighted by molar-refractivity contribution is -0.137. The zero-order chi connectivity index (χ0) is 21.3. The summed E-state index contributed by atoms with van der Waals surface area (Å²) in [6.45, 7) is -0.460. The zero-order valence-corrected chi connectivity index (χ0v) is 16.1. The van der Waals surface area contributed by atoms with Crippen LogP contribution in [-0.4, -0.2) is 23.3 Å². The Kier molecular flexibility index (Phi) is 5.21. The first-order valence-electron chi connectivity index (χ1n) is 8.84. The molecule has 2 heterocycles. The van der Waals surface area contributed by atoms with Gasteiger partial charge in [-0.15, -0.1) is 0 Å². The lowest BCUT2D eigenvalue weighted by Gasteiger charge is -2.22. The van der Waals surface area contributed by atoms with E-state index in [2.05, 4.69) is 10.3 Å². The molecule has 0 spiro atoms. The molecule has 3 aromatic rings. The molecule has 0 fully saturated rings. The highest BCUT2D eigenvalue weighted by Gasteiger charge is 2.34. The van der Waals surface area contributed by atoms with Crippen molar-refractivity contribution in [3.8, 4) is 0 Å². The smallest absolute Gasteiger partial charge is 0.324 e. The molecule has 2 aromatic carbocycles. The fraction of sp³-hybridized carbons (Fsp3) is 0.0952. The Balaban J connectivity index is 1.66. The SMILES string of the molecule is O=C(CN1C(=O)c2ccccc2Sc2ncccc21)Nc1ccccc1C(F)(F)F. The molecule has 9 heteroatoms. The van der Waals surface area contributed by atoms with Gasteiger partial charge < -0.3 is 5.32 Å². The van der Waals surface area contributed by atoms with E-state index in [1.165, 1.54) is 34.9 Å². The standard InChI is InChI=1S/C21H14F3N3O2S/c22-21(23,24)14-7-2-3-8-15(14)26-18(28)12-27-16-9-5-11-25-19(16)30-17-10-4-1-6-13(17)20(27)29/h1-11H,12H2,(H,26,28). The molecule has 30 heavy (non-hydrogen) atoms. The van der Waals surface area contributed by atoms with Crippen molar-refractivity contribution >= 4 is 35.0 Å². The minimum absolute atomic E-state index is 0.363. The van der Waals surface area contributed by atoms with Gasteiger partial charge in [0.05, 0.1) is 22.5 Å². The van der Waals surface area contributed by atoms with Crippen LogP contribution < -0.4 is 10.2 Å². The summed E-state index contributed by atoms with van der Waals surface area (Å²) in [5.41, 5.74) is -0.506. The highest BCUT2D eigenvalue weighted by Crippen LogP contribution is 2.40. The van der Waals surface area contributed by atoms with E-state index in [0.29, 0.717) is 21.2 Å². The number of anilines is 2. The summed E-state index contributed by atoms with van der Waals surface area (Å²) in [7, 11) is 0. The molecule has 152 valence electrons. The van der Waals surface area contributed by atoms with Gasteiger partial charge in [0, 0.05) is 11.1 Å². The van der Waals surface area contributed by atoms with Gasteiger partial charge in [-0.2, -0.15) is 13.2 Å². The maximum absolute atomic E-state index is 13.2. The second-order valence-corrected chi connectivity index (χ2v) is 7.44. The molecule has 0 radical (unpaired) electrons. The Morgan fingerprint density at radius 1 is 1.03 bits per heavy atom. The summed E-state index contributed by atoms with van der Waals surface area (Å²) in [5.74, 6) is -1.18. The minimum Gasteiger partial charge on any atom is -0.324 e. The molecular weight excluding hydrogens is 415 g/mol. The van der Waals surface area contributed by atoms with Gasteiger partial charge in [-0.05, 0) is 36.4 Å². The van der Waals surface area contributed by atoms with Crippen molar-refractivity contribution in [3.63, 3.8) is 0 Å². The van der Waals surface area contributed by atoms with E-state index in [-0.39, 0.29) is 5.69 Å². The summed E-state index contributed by atoms with van der Waals surface area (Å²) >= 11 is 1.29. The van der Waals surface area contributed by atoms with Gasteiger partial charge >= 0.3 is 6.18 Å². The van der Waals surface area contributed by atoms with Crippen molar-refractivity contribution in [3.05, 3.63) is 78.0 Å². The average molecular weight is 429 g/mol. The van der Waals surface area contributed by atoms with Gasteiger partial charge in [0.15, 0.2) is 0 Å². The predicted molar refractivity (Wildman–Crippen MR) is 107 cm³/mol. The first-order valence-corrected chi connectivity index (χ1v) is 9.66. The van der Waals surface area contributed by atoms with Crippen molar-refractivity contribution in [2.45, 2.75) is 16.1 Å². The molecule has 0 atom stereocenters. The van der Waals surface area contributed by atoms with Gasteiger partial charge in [-0.25, -0.2) is 4.98 Å². The highest BCUT2D eigenvalue weighted by molar-refractivity contribution is 7.99. The molecule has 0 unspecified atom stereocenters. The van der Waals surface area contributed by atoms with E-state index in [1.54, 1.807) is 42.6 Å². The lowest BCUT2D eigenvalue weighted by Crippen LogP contribution is -2.38. The number of aromatic nitrogens is 1. The summed E-state index contributed by atoms with van der Waals surface area (Å²) in [4.78, 5) is 32.0. The molecule has 0 bridgehead atoms. The van der Waals surface area contributed by atoms with Gasteiger partial charge in [0.25, 0.3) is 5.91 Å². The molecule has 4 rings (SSSR count). The Hall–Kier alpha value is -3.33. The number of rotatable bonds is 3. The molecule has 1 aromatic heterocycles. The van der Waals surface area contributed by atoms with Crippen molar-refractivity contribution in [1.29, 1.82) is 0 Å². The topological polar surface area (TPSA) is 62.3 Å². The molecule has 5 nitrogen and oxygen atoms in total. The molecule has 1 aliphatic rings. The van der Waals surface area contributed by atoms with Crippen LogP contribution in [0, 0.1) is 0 Å². The number of hydrogen-bond acceptors (Lipinski definition) is 4. The first kappa shape index (κ1) is 20.0. The summed E-state index contributed by atoms with van der Waals surface area (Å²) in [6.07, 6.45) is -3.05. The number of pyridine rings is 1. The second kappa shape index (κ2) is 7.83. The average Bonchev–Trinajstić information content (AvgIpc) is 2.83. The third kappa shape index (κ3) is 3.88. The van der Waals surface area contributed by atoms with Crippen molar-refractivity contribution in [2.24, 2.45) is 0 Å². The van der Waals surface area contributed by atoms with E-state index in [4.69, 9.17) is 0 Å². The van der Waals surface area contributed by atoms with Gasteiger partial charge in [0.1, 0.15) is 11.6 Å². The number of fused-ring (bicyclic) bond motifs is 2. The molecule has 0 saturated heterocycles. The summed E-state index contributed by atoms with van der Waals surface area (Å²) in [6, 6.07) is 14.9. The van der Waals surface area contributed by atoms with Crippen LogP contribution in [-0.2, 0) is 11.0 Å². The van der Waals surface area contributed by atoms with E-state index >= 15 is 0 Å². The monoisotopic (exact) mass is 429 g/mol. The summed E-state index contributed by atoms with van der Waals surface area (Å²) in [5, 5.41) is 2.81. The van der Waals surface area contributed by atoms with Crippen LogP contribution in [0.15, 0.2) is 76.8 Å². The number of halogens is 3. The number of para-hydroxylation sites is 1. The third-order valence-electron chi connectivity index (χ3n) is 4.42. The van der Waals surface area contributed by atoms with Crippen molar-refractivity contribution in [2.75, 3.05) is 16.8 Å². The lowest BCUT2D eigenvalue weighted by atomic mass is 10.1. The Morgan fingerprint density at radius 2 is 1.77 bits per heavy atom. The van der Waals surface area contributed by atoms with E-state index in [0.717, 1.165) is 6.07 Å². The van der Waals surface area contributed by atoms with Gasteiger partial charge in [-0.3, -0.25) is 14.5 Å². The fourth-order valence-corrected chi connectivity index (χ4v) is 4.10. The van der Waals surface area contributed by atoms with Crippen LogP contribution in [0.25, 0.3) is 0 Å². The van der Waals surface area contributed by atoms with Gasteiger partial charge in [-0.1, -0.05) is 36.0 Å². The van der Waals surface area contributed by atoms with E-state index in [9.17, 15) is 22.8 Å². The molecule has 1 aliphatic heterocycles. The number of benzene rings is 2. The van der Waals surface area contributed by atoms with Crippen LogP contribution in [0.4, 0.5) is 24.5 Å². The maximum atomic E-state index is 13.2. The molecule has 1 N–H and O–H groups in total. The van der Waals surface area contributed by atoms with E-state index < -0.39 is 30.1 Å². The van der Waals surface area contributed by atoms with Crippen LogP contribution in [0.5, 0.6) is 0 Å². The number of carbonyl (C=O) groups is 2. The van der Waals surface area contributed by atoms with Crippen LogP contribution in [0.3, 0.4) is 0 Å². The first-order chi connectivity index (χ1) is 14.3. The quantitative estimate of drug-likeness (QED) is 0.647. The summed E-state index contributed by atoms with van der Waals surface area (Å²) < 4.78 is 39.6. The van der Waals surface area contributed by atoms with Crippen molar-refractivity contribution < 1.29 is 22.8 Å². The van der Waals surface area contributed by atoms with Crippen LogP contribution in [0.2, 0.25) is 0 Å². The van der Waals surface area contributed by atoms with Crippen LogP contribution in [0.1, 0.15) is 15.9 Å². The minimum atomic E-state index is -4.62. The van der Waals surface area contributed by atoms with Gasteiger partial charge in [0.2, 0.25) is 5.91 Å². The molecule has 0 saturated carbocycles. The van der Waals surface area contributed by atoms with Crippen LogP contribution >= 0.6 is 11.8 Å². The molecular formula is C21H14F3N3O2S. The molecule has 0 aliphatic carbocycles. The number of nitrogens with one attached hydrogen (secondary N) is 1. The second-order valence-electron chi connectivity index (χ2n) is 6.41. The maximum Gasteiger partial charge on any atom is 0.418 e. The number of amides is 2. The number of alkyl halides is 3. The largest absolute Gasteiger partial charge is 0.418 e. The number of carbonyl (C=O) groups excluding carboxylic acids is 2. The Bertz CT molecular complexity index is 1130. The Labute approximate surface area is 173 Å².